The van der Waals surface area contributed by atoms with Crippen LogP contribution < -0.4 is 5.32 Å². The Kier molecular flexibility index (Phi) is 3.71. The van der Waals surface area contributed by atoms with Crippen molar-refractivity contribution >= 4 is 11.9 Å². The standard InChI is InChI=1S/C11H15NO4/c1-11(2,3)16-10(14)9(13)12-7-8-5-4-6-15-8/h4-6H,7H2,1-3H3,(H,12,13). The van der Waals surface area contributed by atoms with Crippen LogP contribution in [0.25, 0.3) is 0 Å². The summed E-state index contributed by atoms with van der Waals surface area (Å²) in [4.78, 5) is 22.5. The fraction of sp³-hybridized carbons (Fsp3) is 0.455. The van der Waals surface area contributed by atoms with E-state index in [2.05, 4.69) is 5.32 Å². The average Bonchev–Trinajstić information content (AvgIpc) is 2.63. The van der Waals surface area contributed by atoms with Gasteiger partial charge in [-0.1, -0.05) is 0 Å². The molecule has 0 radical (unpaired) electrons. The van der Waals surface area contributed by atoms with E-state index in [0.29, 0.717) is 5.76 Å². The minimum atomic E-state index is -0.890. The molecule has 1 aromatic heterocycles. The van der Waals surface area contributed by atoms with Crippen LogP contribution in [0.2, 0.25) is 0 Å². The molecule has 0 bridgehead atoms. The minimum absolute atomic E-state index is 0.172. The van der Waals surface area contributed by atoms with Crippen molar-refractivity contribution in [2.45, 2.75) is 32.9 Å². The maximum atomic E-state index is 11.3. The molecule has 0 saturated carbocycles. The van der Waals surface area contributed by atoms with Crippen molar-refractivity contribution in [3.8, 4) is 0 Å². The van der Waals surface area contributed by atoms with Gasteiger partial charge in [-0.25, -0.2) is 4.79 Å². The lowest BCUT2D eigenvalue weighted by Gasteiger charge is -2.18. The Bertz CT molecular complexity index is 362. The molecule has 1 rings (SSSR count). The highest BCUT2D eigenvalue weighted by molar-refractivity contribution is 6.32. The molecule has 5 nitrogen and oxygen atoms in total. The molecule has 0 aliphatic rings. The van der Waals surface area contributed by atoms with Crippen LogP contribution in [0.1, 0.15) is 26.5 Å². The molecular formula is C11H15NO4. The van der Waals surface area contributed by atoms with E-state index < -0.39 is 17.5 Å². The van der Waals surface area contributed by atoms with E-state index in [4.69, 9.17) is 9.15 Å². The zero-order valence-corrected chi connectivity index (χ0v) is 9.57. The molecule has 1 heterocycles. The summed E-state index contributed by atoms with van der Waals surface area (Å²) in [5, 5.41) is 2.40. The fourth-order valence-corrected chi connectivity index (χ4v) is 0.977. The van der Waals surface area contributed by atoms with Crippen LogP contribution in [0.15, 0.2) is 22.8 Å². The molecule has 0 fully saturated rings. The summed E-state index contributed by atoms with van der Waals surface area (Å²) in [5.41, 5.74) is -0.668. The zero-order valence-electron chi connectivity index (χ0n) is 9.57. The molecule has 1 N–H and O–H groups in total. The Balaban J connectivity index is 2.38. The molecule has 1 aromatic rings. The lowest BCUT2D eigenvalue weighted by molar-refractivity contribution is -0.163. The Morgan fingerprint density at radius 3 is 2.62 bits per heavy atom. The van der Waals surface area contributed by atoms with E-state index in [1.54, 1.807) is 32.9 Å². The third-order valence-corrected chi connectivity index (χ3v) is 1.59. The van der Waals surface area contributed by atoms with Crippen molar-refractivity contribution in [1.29, 1.82) is 0 Å². The second-order valence-electron chi connectivity index (χ2n) is 4.26. The first-order valence-corrected chi connectivity index (χ1v) is 4.92. The second kappa shape index (κ2) is 4.83. The van der Waals surface area contributed by atoms with E-state index in [0.717, 1.165) is 0 Å². The van der Waals surface area contributed by atoms with Crippen molar-refractivity contribution < 1.29 is 18.7 Å². The molecule has 16 heavy (non-hydrogen) atoms. The largest absolute Gasteiger partial charge is 0.467 e. The lowest BCUT2D eigenvalue weighted by Crippen LogP contribution is -2.36. The van der Waals surface area contributed by atoms with Gasteiger partial charge < -0.3 is 14.5 Å². The van der Waals surface area contributed by atoms with Gasteiger partial charge >= 0.3 is 11.9 Å². The summed E-state index contributed by atoms with van der Waals surface area (Å²) in [7, 11) is 0. The molecule has 0 unspecified atom stereocenters. The van der Waals surface area contributed by atoms with E-state index in [-0.39, 0.29) is 6.54 Å². The first-order valence-electron chi connectivity index (χ1n) is 4.92. The van der Waals surface area contributed by atoms with Crippen LogP contribution in [0.3, 0.4) is 0 Å². The van der Waals surface area contributed by atoms with E-state index in [1.165, 1.54) is 6.26 Å². The van der Waals surface area contributed by atoms with Crippen LogP contribution in [0.5, 0.6) is 0 Å². The summed E-state index contributed by atoms with van der Waals surface area (Å²) in [6.07, 6.45) is 1.50. The SMILES string of the molecule is CC(C)(C)OC(=O)C(=O)NCc1ccco1. The van der Waals surface area contributed by atoms with Crippen LogP contribution in [0, 0.1) is 0 Å². The fourth-order valence-electron chi connectivity index (χ4n) is 0.977. The summed E-state index contributed by atoms with van der Waals surface area (Å²) in [6, 6.07) is 3.41. The number of hydrogen-bond donors (Lipinski definition) is 1. The maximum Gasteiger partial charge on any atom is 0.397 e. The third-order valence-electron chi connectivity index (χ3n) is 1.59. The zero-order chi connectivity index (χ0) is 12.2. The Labute approximate surface area is 93.8 Å². The van der Waals surface area contributed by atoms with Crippen LogP contribution in [-0.2, 0) is 20.9 Å². The summed E-state index contributed by atoms with van der Waals surface area (Å²) in [6.45, 7) is 5.27. The third kappa shape index (κ3) is 4.16. The van der Waals surface area contributed by atoms with Gasteiger partial charge in [-0.05, 0) is 32.9 Å². The number of esters is 1. The van der Waals surface area contributed by atoms with Gasteiger partial charge in [0.1, 0.15) is 11.4 Å². The van der Waals surface area contributed by atoms with Gasteiger partial charge in [-0.2, -0.15) is 0 Å². The maximum absolute atomic E-state index is 11.3. The average molecular weight is 225 g/mol. The van der Waals surface area contributed by atoms with E-state index in [9.17, 15) is 9.59 Å². The number of hydrogen-bond acceptors (Lipinski definition) is 4. The molecule has 0 saturated heterocycles. The minimum Gasteiger partial charge on any atom is -0.467 e. The molecular weight excluding hydrogens is 210 g/mol. The Hall–Kier alpha value is -1.78. The van der Waals surface area contributed by atoms with Crippen LogP contribution in [-0.4, -0.2) is 17.5 Å². The van der Waals surface area contributed by atoms with Crippen LogP contribution >= 0.6 is 0 Å². The molecule has 0 aromatic carbocycles. The molecule has 0 spiro atoms. The molecule has 0 aliphatic heterocycles. The van der Waals surface area contributed by atoms with E-state index >= 15 is 0 Å². The van der Waals surface area contributed by atoms with Crippen molar-refractivity contribution in [2.75, 3.05) is 0 Å². The Morgan fingerprint density at radius 2 is 2.12 bits per heavy atom. The number of furan rings is 1. The van der Waals surface area contributed by atoms with Crippen molar-refractivity contribution in [3.05, 3.63) is 24.2 Å². The predicted molar refractivity (Wildman–Crippen MR) is 56.4 cm³/mol. The number of carbonyl (C=O) groups excluding carboxylic acids is 2. The lowest BCUT2D eigenvalue weighted by atomic mass is 10.2. The number of rotatable bonds is 2. The monoisotopic (exact) mass is 225 g/mol. The second-order valence-corrected chi connectivity index (χ2v) is 4.26. The molecule has 5 heteroatoms. The highest BCUT2D eigenvalue weighted by Crippen LogP contribution is 2.06. The molecule has 0 atom stereocenters. The van der Waals surface area contributed by atoms with E-state index in [1.807, 2.05) is 0 Å². The first-order chi connectivity index (χ1) is 7.38. The van der Waals surface area contributed by atoms with Gasteiger partial charge in [0.25, 0.3) is 0 Å². The van der Waals surface area contributed by atoms with Gasteiger partial charge in [-0.15, -0.1) is 0 Å². The van der Waals surface area contributed by atoms with Gasteiger partial charge in [0, 0.05) is 0 Å². The molecule has 1 amide bonds. The first kappa shape index (κ1) is 12.3. The van der Waals surface area contributed by atoms with Crippen LogP contribution in [0.4, 0.5) is 0 Å². The van der Waals surface area contributed by atoms with Gasteiger partial charge in [0.05, 0.1) is 12.8 Å². The highest BCUT2D eigenvalue weighted by atomic mass is 16.6. The van der Waals surface area contributed by atoms with Crippen molar-refractivity contribution in [2.24, 2.45) is 0 Å². The molecule has 0 aliphatic carbocycles. The molecule has 88 valence electrons. The normalized spacial score (nSPS) is 10.9. The summed E-state index contributed by atoms with van der Waals surface area (Å²) < 4.78 is 9.89. The summed E-state index contributed by atoms with van der Waals surface area (Å²) >= 11 is 0. The smallest absolute Gasteiger partial charge is 0.397 e. The number of amides is 1. The predicted octanol–water partition coefficient (Wildman–Crippen LogP) is 1.24. The number of carbonyl (C=O) groups is 2. The van der Waals surface area contributed by atoms with Gasteiger partial charge in [0.15, 0.2) is 0 Å². The topological polar surface area (TPSA) is 68.5 Å². The number of ether oxygens (including phenoxy) is 1. The quantitative estimate of drug-likeness (QED) is 0.607. The number of nitrogens with one attached hydrogen (secondary N) is 1. The highest BCUT2D eigenvalue weighted by Gasteiger charge is 2.22. The van der Waals surface area contributed by atoms with Crippen molar-refractivity contribution in [1.82, 2.24) is 5.32 Å². The van der Waals surface area contributed by atoms with Gasteiger partial charge in [-0.3, -0.25) is 4.79 Å². The van der Waals surface area contributed by atoms with Gasteiger partial charge in [0.2, 0.25) is 0 Å². The summed E-state index contributed by atoms with van der Waals surface area (Å²) in [5.74, 6) is -1.08. The van der Waals surface area contributed by atoms with Crippen molar-refractivity contribution in [3.63, 3.8) is 0 Å². The Morgan fingerprint density at radius 1 is 1.44 bits per heavy atom.